The SMILES string of the molecule is COCCN(Cc1ccncc1)C(=O)c1ccc(Br)o1. The molecule has 6 heteroatoms. The minimum absolute atomic E-state index is 0.162. The predicted molar refractivity (Wildman–Crippen MR) is 77.3 cm³/mol. The zero-order valence-electron chi connectivity index (χ0n) is 11.1. The second kappa shape index (κ2) is 7.21. The number of carbonyl (C=O) groups is 1. The lowest BCUT2D eigenvalue weighted by molar-refractivity contribution is 0.0648. The Morgan fingerprint density at radius 3 is 2.70 bits per heavy atom. The van der Waals surface area contributed by atoms with Crippen LogP contribution in [0.15, 0.2) is 45.7 Å². The highest BCUT2D eigenvalue weighted by Crippen LogP contribution is 2.17. The van der Waals surface area contributed by atoms with E-state index >= 15 is 0 Å². The van der Waals surface area contributed by atoms with Crippen LogP contribution in [0.1, 0.15) is 16.1 Å². The van der Waals surface area contributed by atoms with E-state index in [9.17, 15) is 4.79 Å². The topological polar surface area (TPSA) is 55.6 Å². The summed E-state index contributed by atoms with van der Waals surface area (Å²) in [4.78, 5) is 18.1. The molecule has 0 unspecified atom stereocenters. The summed E-state index contributed by atoms with van der Waals surface area (Å²) in [6, 6.07) is 7.11. The molecule has 0 aliphatic rings. The van der Waals surface area contributed by atoms with Gasteiger partial charge in [-0.2, -0.15) is 0 Å². The third-order valence-corrected chi connectivity index (χ3v) is 3.19. The number of ether oxygens (including phenoxy) is 1. The molecule has 0 atom stereocenters. The van der Waals surface area contributed by atoms with Crippen LogP contribution in [-0.2, 0) is 11.3 Å². The molecule has 20 heavy (non-hydrogen) atoms. The number of carbonyl (C=O) groups excluding carboxylic acids is 1. The fourth-order valence-corrected chi connectivity index (χ4v) is 2.05. The Balaban J connectivity index is 2.12. The van der Waals surface area contributed by atoms with Gasteiger partial charge in [0.1, 0.15) is 0 Å². The molecule has 0 saturated heterocycles. The molecule has 0 fully saturated rings. The molecule has 2 rings (SSSR count). The number of aromatic nitrogens is 1. The first-order chi connectivity index (χ1) is 9.70. The van der Waals surface area contributed by atoms with E-state index in [0.29, 0.717) is 30.1 Å². The third kappa shape index (κ3) is 3.91. The van der Waals surface area contributed by atoms with Gasteiger partial charge in [0, 0.05) is 32.6 Å². The van der Waals surface area contributed by atoms with Crippen molar-refractivity contribution >= 4 is 21.8 Å². The predicted octanol–water partition coefficient (Wildman–Crippen LogP) is 2.73. The summed E-state index contributed by atoms with van der Waals surface area (Å²) < 4.78 is 10.9. The van der Waals surface area contributed by atoms with Gasteiger partial charge in [-0.25, -0.2) is 0 Å². The molecule has 106 valence electrons. The molecule has 0 radical (unpaired) electrons. The number of pyridine rings is 1. The molecule has 2 aromatic rings. The van der Waals surface area contributed by atoms with Crippen LogP contribution in [0.2, 0.25) is 0 Å². The molecule has 0 aliphatic heterocycles. The summed E-state index contributed by atoms with van der Waals surface area (Å²) in [6.07, 6.45) is 3.41. The van der Waals surface area contributed by atoms with Crippen LogP contribution in [0, 0.1) is 0 Å². The molecule has 0 N–H and O–H groups in total. The van der Waals surface area contributed by atoms with Crippen LogP contribution in [-0.4, -0.2) is 36.1 Å². The quantitative estimate of drug-likeness (QED) is 0.812. The van der Waals surface area contributed by atoms with E-state index in [1.54, 1.807) is 36.5 Å². The Bertz CT molecular complexity index is 557. The molecule has 0 saturated carbocycles. The van der Waals surface area contributed by atoms with Crippen molar-refractivity contribution in [3.05, 3.63) is 52.7 Å². The third-order valence-electron chi connectivity index (χ3n) is 2.76. The van der Waals surface area contributed by atoms with Gasteiger partial charge < -0.3 is 14.1 Å². The lowest BCUT2D eigenvalue weighted by Crippen LogP contribution is -2.33. The van der Waals surface area contributed by atoms with Crippen LogP contribution >= 0.6 is 15.9 Å². The second-order valence-electron chi connectivity index (χ2n) is 4.18. The van der Waals surface area contributed by atoms with Crippen LogP contribution in [0.4, 0.5) is 0 Å². The van der Waals surface area contributed by atoms with E-state index in [-0.39, 0.29) is 5.91 Å². The zero-order valence-corrected chi connectivity index (χ0v) is 12.7. The summed E-state index contributed by atoms with van der Waals surface area (Å²) in [7, 11) is 1.61. The lowest BCUT2D eigenvalue weighted by Gasteiger charge is -2.21. The Kier molecular flexibility index (Phi) is 5.31. The average Bonchev–Trinajstić information content (AvgIpc) is 2.90. The van der Waals surface area contributed by atoms with E-state index in [0.717, 1.165) is 5.56 Å². The van der Waals surface area contributed by atoms with E-state index in [1.165, 1.54) is 0 Å². The maximum atomic E-state index is 12.4. The number of amides is 1. The average molecular weight is 339 g/mol. The molecule has 0 aromatic carbocycles. The molecule has 5 nitrogen and oxygen atoms in total. The van der Waals surface area contributed by atoms with Gasteiger partial charge in [0.05, 0.1) is 6.61 Å². The number of hydrogen-bond acceptors (Lipinski definition) is 4. The van der Waals surface area contributed by atoms with Gasteiger partial charge in [0.25, 0.3) is 5.91 Å². The number of methoxy groups -OCH3 is 1. The summed E-state index contributed by atoms with van der Waals surface area (Å²) >= 11 is 3.20. The minimum atomic E-state index is -0.162. The van der Waals surface area contributed by atoms with Crippen molar-refractivity contribution in [3.8, 4) is 0 Å². The molecule has 2 heterocycles. The van der Waals surface area contributed by atoms with Gasteiger partial charge >= 0.3 is 0 Å². The van der Waals surface area contributed by atoms with Gasteiger partial charge in [-0.15, -0.1) is 0 Å². The van der Waals surface area contributed by atoms with Crippen molar-refractivity contribution < 1.29 is 13.9 Å². The fourth-order valence-electron chi connectivity index (χ4n) is 1.75. The van der Waals surface area contributed by atoms with Crippen molar-refractivity contribution in [1.82, 2.24) is 9.88 Å². The Morgan fingerprint density at radius 1 is 1.35 bits per heavy atom. The first-order valence-corrected chi connectivity index (χ1v) is 6.92. The monoisotopic (exact) mass is 338 g/mol. The Hall–Kier alpha value is -1.66. The zero-order chi connectivity index (χ0) is 14.4. The van der Waals surface area contributed by atoms with Crippen molar-refractivity contribution in [2.75, 3.05) is 20.3 Å². The van der Waals surface area contributed by atoms with Crippen molar-refractivity contribution in [1.29, 1.82) is 0 Å². The summed E-state index contributed by atoms with van der Waals surface area (Å²) in [5, 5.41) is 0. The molecule has 0 aliphatic carbocycles. The molecular weight excluding hydrogens is 324 g/mol. The molecule has 1 amide bonds. The minimum Gasteiger partial charge on any atom is -0.444 e. The van der Waals surface area contributed by atoms with E-state index in [2.05, 4.69) is 20.9 Å². The number of halogens is 1. The van der Waals surface area contributed by atoms with E-state index in [4.69, 9.17) is 9.15 Å². The highest BCUT2D eigenvalue weighted by Gasteiger charge is 2.19. The highest BCUT2D eigenvalue weighted by atomic mass is 79.9. The smallest absolute Gasteiger partial charge is 0.289 e. The Labute approximate surface area is 125 Å². The van der Waals surface area contributed by atoms with Crippen LogP contribution in [0.5, 0.6) is 0 Å². The highest BCUT2D eigenvalue weighted by molar-refractivity contribution is 9.10. The van der Waals surface area contributed by atoms with E-state index in [1.807, 2.05) is 12.1 Å². The maximum absolute atomic E-state index is 12.4. The molecule has 0 bridgehead atoms. The van der Waals surface area contributed by atoms with Gasteiger partial charge in [-0.1, -0.05) is 0 Å². The van der Waals surface area contributed by atoms with Gasteiger partial charge in [-0.3, -0.25) is 9.78 Å². The van der Waals surface area contributed by atoms with Gasteiger partial charge in [0.15, 0.2) is 10.4 Å². The van der Waals surface area contributed by atoms with Crippen molar-refractivity contribution in [2.24, 2.45) is 0 Å². The maximum Gasteiger partial charge on any atom is 0.289 e. The standard InChI is InChI=1S/C14H15BrN2O3/c1-19-9-8-17(10-11-4-6-16-7-5-11)14(18)12-2-3-13(15)20-12/h2-7H,8-10H2,1H3. The number of furan rings is 1. The number of hydrogen-bond donors (Lipinski definition) is 0. The first kappa shape index (κ1) is 14.7. The molecular formula is C14H15BrN2O3. The van der Waals surface area contributed by atoms with Crippen LogP contribution in [0.3, 0.4) is 0 Å². The summed E-state index contributed by atoms with van der Waals surface area (Å²) in [5.74, 6) is 0.145. The van der Waals surface area contributed by atoms with Crippen LogP contribution in [0.25, 0.3) is 0 Å². The van der Waals surface area contributed by atoms with Crippen molar-refractivity contribution in [3.63, 3.8) is 0 Å². The van der Waals surface area contributed by atoms with Crippen LogP contribution < -0.4 is 0 Å². The summed E-state index contributed by atoms with van der Waals surface area (Å²) in [5.41, 5.74) is 1.01. The fraction of sp³-hybridized carbons (Fsp3) is 0.286. The van der Waals surface area contributed by atoms with Gasteiger partial charge in [0.2, 0.25) is 0 Å². The molecule has 2 aromatic heterocycles. The molecule has 0 spiro atoms. The second-order valence-corrected chi connectivity index (χ2v) is 4.96. The van der Waals surface area contributed by atoms with Gasteiger partial charge in [-0.05, 0) is 45.8 Å². The Morgan fingerprint density at radius 2 is 2.10 bits per heavy atom. The van der Waals surface area contributed by atoms with E-state index < -0.39 is 0 Å². The lowest BCUT2D eigenvalue weighted by atomic mass is 10.2. The first-order valence-electron chi connectivity index (χ1n) is 6.13. The normalized spacial score (nSPS) is 10.5. The summed E-state index contributed by atoms with van der Waals surface area (Å²) in [6.45, 7) is 1.46. The number of nitrogens with zero attached hydrogens (tertiary/aromatic N) is 2. The number of rotatable bonds is 6. The van der Waals surface area contributed by atoms with Crippen molar-refractivity contribution in [2.45, 2.75) is 6.54 Å². The largest absolute Gasteiger partial charge is 0.444 e.